The second-order valence-electron chi connectivity index (χ2n) is 3.55. The highest BCUT2D eigenvalue weighted by Crippen LogP contribution is 2.30. The van der Waals surface area contributed by atoms with Gasteiger partial charge in [-0.25, -0.2) is 8.78 Å². The minimum atomic E-state index is -0.680. The van der Waals surface area contributed by atoms with Crippen LogP contribution in [0.4, 0.5) is 8.78 Å². The highest BCUT2D eigenvalue weighted by atomic mass is 19.1. The van der Waals surface area contributed by atoms with E-state index in [2.05, 4.69) is 0 Å². The minimum Gasteiger partial charge on any atom is -0.461 e. The number of hydrogen-bond donors (Lipinski definition) is 1. The average molecular weight is 211 g/mol. The van der Waals surface area contributed by atoms with Gasteiger partial charge in [-0.05, 0) is 18.5 Å². The van der Waals surface area contributed by atoms with E-state index in [9.17, 15) is 8.78 Å². The molecular formula is C11H11F2NO. The van der Waals surface area contributed by atoms with E-state index < -0.39 is 11.6 Å². The third kappa shape index (κ3) is 1.51. The molecule has 0 aliphatic rings. The fourth-order valence-electron chi connectivity index (χ4n) is 1.71. The summed E-state index contributed by atoms with van der Waals surface area (Å²) in [4.78, 5) is 0. The SMILES string of the molecule is CC(CN)c1c(F)cc(F)c2occc12. The molecule has 2 rings (SSSR count). The molecule has 0 amide bonds. The van der Waals surface area contributed by atoms with Crippen LogP contribution >= 0.6 is 0 Å². The molecule has 0 aliphatic heterocycles. The van der Waals surface area contributed by atoms with E-state index in [1.54, 1.807) is 13.0 Å². The van der Waals surface area contributed by atoms with Crippen LogP contribution in [0.15, 0.2) is 22.8 Å². The van der Waals surface area contributed by atoms with Crippen molar-refractivity contribution in [1.82, 2.24) is 0 Å². The van der Waals surface area contributed by atoms with Crippen LogP contribution < -0.4 is 5.73 Å². The predicted octanol–water partition coefficient (Wildman–Crippen LogP) is 2.77. The summed E-state index contributed by atoms with van der Waals surface area (Å²) in [6.07, 6.45) is 1.35. The molecule has 4 heteroatoms. The third-order valence-electron chi connectivity index (χ3n) is 2.53. The predicted molar refractivity (Wildman–Crippen MR) is 53.6 cm³/mol. The van der Waals surface area contributed by atoms with Crippen molar-refractivity contribution in [2.24, 2.45) is 5.73 Å². The molecule has 0 saturated carbocycles. The lowest BCUT2D eigenvalue weighted by Crippen LogP contribution is -2.11. The zero-order chi connectivity index (χ0) is 11.0. The Morgan fingerprint density at radius 1 is 1.40 bits per heavy atom. The van der Waals surface area contributed by atoms with Crippen molar-refractivity contribution in [3.63, 3.8) is 0 Å². The molecule has 0 spiro atoms. The van der Waals surface area contributed by atoms with Gasteiger partial charge in [-0.3, -0.25) is 0 Å². The summed E-state index contributed by atoms with van der Waals surface area (Å²) in [5, 5.41) is 0.463. The zero-order valence-electron chi connectivity index (χ0n) is 8.26. The van der Waals surface area contributed by atoms with Crippen LogP contribution in [-0.2, 0) is 0 Å². The molecule has 2 aromatic rings. The maximum absolute atomic E-state index is 13.6. The van der Waals surface area contributed by atoms with Crippen molar-refractivity contribution in [2.45, 2.75) is 12.8 Å². The van der Waals surface area contributed by atoms with Crippen LogP contribution in [0.2, 0.25) is 0 Å². The van der Waals surface area contributed by atoms with Crippen molar-refractivity contribution in [3.05, 3.63) is 35.6 Å². The number of fused-ring (bicyclic) bond motifs is 1. The third-order valence-corrected chi connectivity index (χ3v) is 2.53. The van der Waals surface area contributed by atoms with Gasteiger partial charge in [-0.1, -0.05) is 6.92 Å². The molecular weight excluding hydrogens is 200 g/mol. The van der Waals surface area contributed by atoms with Gasteiger partial charge in [0.15, 0.2) is 11.4 Å². The number of hydrogen-bond acceptors (Lipinski definition) is 2. The zero-order valence-corrected chi connectivity index (χ0v) is 8.26. The molecule has 1 heterocycles. The summed E-state index contributed by atoms with van der Waals surface area (Å²) in [5.41, 5.74) is 5.99. The largest absolute Gasteiger partial charge is 0.461 e. The van der Waals surface area contributed by atoms with Gasteiger partial charge in [0, 0.05) is 17.0 Å². The van der Waals surface area contributed by atoms with E-state index in [0.29, 0.717) is 17.5 Å². The lowest BCUT2D eigenvalue weighted by molar-refractivity contribution is 0.538. The first-order chi connectivity index (χ1) is 7.15. The average Bonchev–Trinajstić information content (AvgIpc) is 2.66. The molecule has 0 fully saturated rings. The summed E-state index contributed by atoms with van der Waals surface area (Å²) in [7, 11) is 0. The van der Waals surface area contributed by atoms with Gasteiger partial charge in [0.25, 0.3) is 0 Å². The van der Waals surface area contributed by atoms with Crippen molar-refractivity contribution in [2.75, 3.05) is 6.54 Å². The van der Waals surface area contributed by atoms with Gasteiger partial charge in [0.05, 0.1) is 6.26 Å². The highest BCUT2D eigenvalue weighted by molar-refractivity contribution is 5.82. The number of rotatable bonds is 2. The minimum absolute atomic E-state index is 0.0895. The second kappa shape index (κ2) is 3.62. The van der Waals surface area contributed by atoms with Crippen LogP contribution in [0.1, 0.15) is 18.4 Å². The van der Waals surface area contributed by atoms with Crippen molar-refractivity contribution in [1.29, 1.82) is 0 Å². The van der Waals surface area contributed by atoms with Crippen LogP contribution in [0.25, 0.3) is 11.0 Å². The molecule has 2 N–H and O–H groups in total. The number of furan rings is 1. The topological polar surface area (TPSA) is 39.2 Å². The molecule has 0 aliphatic carbocycles. The Bertz CT molecular complexity index is 493. The maximum Gasteiger partial charge on any atom is 0.169 e. The van der Waals surface area contributed by atoms with E-state index in [1.807, 2.05) is 0 Å². The summed E-state index contributed by atoms with van der Waals surface area (Å²) >= 11 is 0. The number of nitrogens with two attached hydrogens (primary N) is 1. The second-order valence-corrected chi connectivity index (χ2v) is 3.55. The molecule has 1 aromatic carbocycles. The summed E-state index contributed by atoms with van der Waals surface area (Å²) in [6.45, 7) is 2.10. The van der Waals surface area contributed by atoms with Gasteiger partial charge in [-0.2, -0.15) is 0 Å². The van der Waals surface area contributed by atoms with Gasteiger partial charge < -0.3 is 10.2 Å². The van der Waals surface area contributed by atoms with Crippen LogP contribution in [0, 0.1) is 11.6 Å². The van der Waals surface area contributed by atoms with E-state index in [4.69, 9.17) is 10.2 Å². The quantitative estimate of drug-likeness (QED) is 0.829. The monoisotopic (exact) mass is 211 g/mol. The fraction of sp³-hybridized carbons (Fsp3) is 0.273. The fourth-order valence-corrected chi connectivity index (χ4v) is 1.71. The van der Waals surface area contributed by atoms with E-state index in [0.717, 1.165) is 6.07 Å². The number of halogens is 2. The summed E-state index contributed by atoms with van der Waals surface area (Å²) in [6, 6.07) is 2.40. The molecule has 2 nitrogen and oxygen atoms in total. The van der Waals surface area contributed by atoms with Crippen LogP contribution in [0.3, 0.4) is 0 Å². The Morgan fingerprint density at radius 2 is 2.13 bits per heavy atom. The first kappa shape index (κ1) is 10.1. The first-order valence-corrected chi connectivity index (χ1v) is 4.70. The molecule has 1 aromatic heterocycles. The molecule has 80 valence electrons. The standard InChI is InChI=1S/C11H11F2NO/c1-6(5-14)10-7-2-3-15-11(7)9(13)4-8(10)12/h2-4,6H,5,14H2,1H3. The number of benzene rings is 1. The molecule has 0 radical (unpaired) electrons. The molecule has 0 saturated heterocycles. The van der Waals surface area contributed by atoms with Gasteiger partial charge >= 0.3 is 0 Å². The smallest absolute Gasteiger partial charge is 0.169 e. The lowest BCUT2D eigenvalue weighted by Gasteiger charge is -2.11. The van der Waals surface area contributed by atoms with E-state index in [1.165, 1.54) is 6.26 Å². The van der Waals surface area contributed by atoms with Crippen LogP contribution in [0.5, 0.6) is 0 Å². The molecule has 1 atom stereocenters. The van der Waals surface area contributed by atoms with Gasteiger partial charge in [-0.15, -0.1) is 0 Å². The molecule has 0 bridgehead atoms. The Labute approximate surface area is 85.7 Å². The maximum atomic E-state index is 13.6. The highest BCUT2D eigenvalue weighted by Gasteiger charge is 2.18. The van der Waals surface area contributed by atoms with Crippen molar-refractivity contribution in [3.8, 4) is 0 Å². The summed E-state index contributed by atoms with van der Waals surface area (Å²) < 4.78 is 31.8. The summed E-state index contributed by atoms with van der Waals surface area (Å²) in [5.74, 6) is -1.41. The van der Waals surface area contributed by atoms with Gasteiger partial charge in [0.2, 0.25) is 0 Å². The molecule has 1 unspecified atom stereocenters. The van der Waals surface area contributed by atoms with E-state index in [-0.39, 0.29) is 11.5 Å². The Kier molecular flexibility index (Phi) is 2.44. The Hall–Kier alpha value is -1.42. The Morgan fingerprint density at radius 3 is 2.80 bits per heavy atom. The first-order valence-electron chi connectivity index (χ1n) is 4.70. The molecule has 15 heavy (non-hydrogen) atoms. The van der Waals surface area contributed by atoms with Crippen molar-refractivity contribution < 1.29 is 13.2 Å². The van der Waals surface area contributed by atoms with Crippen LogP contribution in [-0.4, -0.2) is 6.54 Å². The van der Waals surface area contributed by atoms with Crippen molar-refractivity contribution >= 4 is 11.0 Å². The van der Waals surface area contributed by atoms with Gasteiger partial charge in [0.1, 0.15) is 5.82 Å². The Balaban J connectivity index is 2.76. The van der Waals surface area contributed by atoms with E-state index >= 15 is 0 Å². The lowest BCUT2D eigenvalue weighted by atomic mass is 9.97. The normalized spacial score (nSPS) is 13.3.